The fourth-order valence-corrected chi connectivity index (χ4v) is 3.84. The summed E-state index contributed by atoms with van der Waals surface area (Å²) < 4.78 is 5.09. The van der Waals surface area contributed by atoms with E-state index in [-0.39, 0.29) is 23.6 Å². The maximum atomic E-state index is 13.2. The number of amides is 2. The van der Waals surface area contributed by atoms with Crippen LogP contribution in [0, 0.1) is 0 Å². The van der Waals surface area contributed by atoms with Gasteiger partial charge < -0.3 is 15.0 Å². The Kier molecular flexibility index (Phi) is 6.68. The number of ketones is 1. The van der Waals surface area contributed by atoms with Crippen LogP contribution in [-0.2, 0) is 11.3 Å². The first-order valence-corrected chi connectivity index (χ1v) is 10.9. The molecule has 1 aromatic heterocycles. The van der Waals surface area contributed by atoms with E-state index in [9.17, 15) is 14.4 Å². The lowest BCUT2D eigenvalue weighted by Crippen LogP contribution is -2.37. The standard InChI is InChI=1S/C25H19Cl2N3O4/c1-30-21-6-4-16(24(32)29-13-15-7-8-28-22(11-15)34-2)12-17(21)23(31)18(25(30)33)9-14-3-5-19(26)20(27)10-14/h3-12H,13H2,1-2H3,(H,29,32). The Bertz CT molecular complexity index is 1350. The third-order valence-corrected chi connectivity index (χ3v) is 6.10. The van der Waals surface area contributed by atoms with Gasteiger partial charge in [0.1, 0.15) is 0 Å². The van der Waals surface area contributed by atoms with Crippen LogP contribution in [0.25, 0.3) is 6.08 Å². The van der Waals surface area contributed by atoms with Crippen molar-refractivity contribution < 1.29 is 19.1 Å². The number of aromatic nitrogens is 1. The lowest BCUT2D eigenvalue weighted by molar-refractivity contribution is -0.114. The molecule has 0 radical (unpaired) electrons. The molecule has 0 aliphatic carbocycles. The van der Waals surface area contributed by atoms with Gasteiger partial charge in [0.2, 0.25) is 11.7 Å². The van der Waals surface area contributed by atoms with Crippen molar-refractivity contribution in [2.45, 2.75) is 6.54 Å². The SMILES string of the molecule is COc1cc(CNC(=O)c2ccc3c(c2)C(=O)C(=Cc2ccc(Cl)c(Cl)c2)C(=O)N3C)ccn1. The smallest absolute Gasteiger partial charge is 0.262 e. The van der Waals surface area contributed by atoms with Crippen LogP contribution in [0.2, 0.25) is 10.0 Å². The van der Waals surface area contributed by atoms with Gasteiger partial charge in [0, 0.05) is 37.0 Å². The lowest BCUT2D eigenvalue weighted by atomic mass is 9.92. The summed E-state index contributed by atoms with van der Waals surface area (Å²) in [7, 11) is 3.09. The summed E-state index contributed by atoms with van der Waals surface area (Å²) in [6.45, 7) is 0.254. The molecule has 1 N–H and O–H groups in total. The van der Waals surface area contributed by atoms with Crippen LogP contribution in [0.3, 0.4) is 0 Å². The molecule has 4 rings (SSSR count). The molecular formula is C25H19Cl2N3O4. The number of anilines is 1. The maximum absolute atomic E-state index is 13.2. The van der Waals surface area contributed by atoms with Gasteiger partial charge in [-0.05, 0) is 53.6 Å². The zero-order valence-corrected chi connectivity index (χ0v) is 19.8. The molecule has 2 heterocycles. The van der Waals surface area contributed by atoms with E-state index in [1.165, 1.54) is 24.2 Å². The Morgan fingerprint density at radius 3 is 2.62 bits per heavy atom. The van der Waals surface area contributed by atoms with Crippen molar-refractivity contribution in [1.82, 2.24) is 10.3 Å². The first kappa shape index (κ1) is 23.5. The van der Waals surface area contributed by atoms with Crippen LogP contribution in [0.1, 0.15) is 31.8 Å². The number of nitrogens with one attached hydrogen (secondary N) is 1. The number of hydrogen-bond donors (Lipinski definition) is 1. The fourth-order valence-electron chi connectivity index (χ4n) is 3.54. The van der Waals surface area contributed by atoms with Crippen molar-refractivity contribution >= 4 is 52.6 Å². The van der Waals surface area contributed by atoms with Crippen LogP contribution in [-0.4, -0.2) is 36.7 Å². The molecule has 0 bridgehead atoms. The minimum atomic E-state index is -0.474. The second-order valence-electron chi connectivity index (χ2n) is 7.55. The minimum absolute atomic E-state index is 0.0326. The van der Waals surface area contributed by atoms with Gasteiger partial charge in [-0.1, -0.05) is 29.3 Å². The summed E-state index contributed by atoms with van der Waals surface area (Å²) in [6.07, 6.45) is 3.06. The largest absolute Gasteiger partial charge is 0.481 e. The van der Waals surface area contributed by atoms with Crippen LogP contribution < -0.4 is 15.0 Å². The molecule has 0 spiro atoms. The predicted octanol–water partition coefficient (Wildman–Crippen LogP) is 4.57. The summed E-state index contributed by atoms with van der Waals surface area (Å²) in [6, 6.07) is 13.0. The second kappa shape index (κ2) is 9.67. The Morgan fingerprint density at radius 1 is 1.09 bits per heavy atom. The number of likely N-dealkylation sites (N-methyl/N-ethyl adjacent to an activating group) is 1. The molecule has 7 nitrogen and oxygen atoms in total. The summed E-state index contributed by atoms with van der Waals surface area (Å²) in [5.41, 5.74) is 2.32. The monoisotopic (exact) mass is 495 g/mol. The molecule has 3 aromatic rings. The van der Waals surface area contributed by atoms with E-state index in [2.05, 4.69) is 10.3 Å². The predicted molar refractivity (Wildman–Crippen MR) is 131 cm³/mol. The van der Waals surface area contributed by atoms with Crippen molar-refractivity contribution in [3.63, 3.8) is 0 Å². The molecule has 0 saturated carbocycles. The topological polar surface area (TPSA) is 88.6 Å². The van der Waals surface area contributed by atoms with Gasteiger partial charge in [0.25, 0.3) is 11.8 Å². The molecular weight excluding hydrogens is 477 g/mol. The normalized spacial score (nSPS) is 14.2. The highest BCUT2D eigenvalue weighted by atomic mass is 35.5. The summed E-state index contributed by atoms with van der Waals surface area (Å²) in [5.74, 6) is -0.842. The van der Waals surface area contributed by atoms with E-state index < -0.39 is 11.7 Å². The summed E-state index contributed by atoms with van der Waals surface area (Å²) >= 11 is 12.0. The Labute approximate surface area is 206 Å². The van der Waals surface area contributed by atoms with Crippen molar-refractivity contribution in [2.75, 3.05) is 19.1 Å². The number of fused-ring (bicyclic) bond motifs is 1. The zero-order valence-electron chi connectivity index (χ0n) is 18.3. The highest BCUT2D eigenvalue weighted by Crippen LogP contribution is 2.32. The quantitative estimate of drug-likeness (QED) is 0.413. The van der Waals surface area contributed by atoms with E-state index in [1.54, 1.807) is 55.7 Å². The van der Waals surface area contributed by atoms with Gasteiger partial charge in [0.15, 0.2) is 0 Å². The molecule has 1 aliphatic rings. The van der Waals surface area contributed by atoms with E-state index in [1.807, 2.05) is 0 Å². The average molecular weight is 496 g/mol. The van der Waals surface area contributed by atoms with E-state index in [0.29, 0.717) is 32.7 Å². The van der Waals surface area contributed by atoms with Crippen molar-refractivity contribution in [1.29, 1.82) is 0 Å². The highest BCUT2D eigenvalue weighted by Gasteiger charge is 2.33. The summed E-state index contributed by atoms with van der Waals surface area (Å²) in [4.78, 5) is 44.3. The van der Waals surface area contributed by atoms with Gasteiger partial charge in [0.05, 0.1) is 28.4 Å². The molecule has 0 fully saturated rings. The van der Waals surface area contributed by atoms with Crippen LogP contribution in [0.15, 0.2) is 60.3 Å². The van der Waals surface area contributed by atoms with Crippen LogP contribution >= 0.6 is 23.2 Å². The number of benzene rings is 2. The average Bonchev–Trinajstić information content (AvgIpc) is 2.85. The van der Waals surface area contributed by atoms with Gasteiger partial charge in [-0.15, -0.1) is 0 Å². The first-order chi connectivity index (χ1) is 16.3. The zero-order chi connectivity index (χ0) is 24.4. The van der Waals surface area contributed by atoms with Crippen molar-refractivity contribution in [3.8, 4) is 5.88 Å². The van der Waals surface area contributed by atoms with Gasteiger partial charge in [-0.2, -0.15) is 0 Å². The van der Waals surface area contributed by atoms with Crippen LogP contribution in [0.4, 0.5) is 5.69 Å². The summed E-state index contributed by atoms with van der Waals surface area (Å²) in [5, 5.41) is 3.50. The maximum Gasteiger partial charge on any atom is 0.262 e. The molecule has 0 unspecified atom stereocenters. The lowest BCUT2D eigenvalue weighted by Gasteiger charge is -2.27. The van der Waals surface area contributed by atoms with E-state index in [4.69, 9.17) is 27.9 Å². The van der Waals surface area contributed by atoms with Gasteiger partial charge >= 0.3 is 0 Å². The molecule has 34 heavy (non-hydrogen) atoms. The van der Waals surface area contributed by atoms with E-state index in [0.717, 1.165) is 5.56 Å². The number of rotatable bonds is 5. The Hall–Kier alpha value is -3.68. The Balaban J connectivity index is 1.61. The van der Waals surface area contributed by atoms with E-state index >= 15 is 0 Å². The molecule has 1 aliphatic heterocycles. The second-order valence-corrected chi connectivity index (χ2v) is 8.36. The number of ether oxygens (including phenoxy) is 1. The third-order valence-electron chi connectivity index (χ3n) is 5.36. The third kappa shape index (κ3) is 4.66. The molecule has 2 aromatic carbocycles. The number of halogens is 2. The first-order valence-electron chi connectivity index (χ1n) is 10.2. The van der Waals surface area contributed by atoms with Gasteiger partial charge in [-0.3, -0.25) is 14.4 Å². The molecule has 0 atom stereocenters. The number of carbonyl (C=O) groups is 3. The Morgan fingerprint density at radius 2 is 1.88 bits per heavy atom. The molecule has 0 saturated heterocycles. The number of nitrogens with zero attached hydrogens (tertiary/aromatic N) is 2. The highest BCUT2D eigenvalue weighted by molar-refractivity contribution is 6.42. The molecule has 172 valence electrons. The number of carbonyl (C=O) groups excluding carboxylic acids is 3. The molecule has 9 heteroatoms. The fraction of sp³-hybridized carbons (Fsp3) is 0.120. The van der Waals surface area contributed by atoms with Crippen molar-refractivity contribution in [3.05, 3.63) is 92.6 Å². The van der Waals surface area contributed by atoms with Gasteiger partial charge in [-0.25, -0.2) is 4.98 Å². The van der Waals surface area contributed by atoms with Crippen LogP contribution in [0.5, 0.6) is 5.88 Å². The number of hydrogen-bond acceptors (Lipinski definition) is 5. The number of methoxy groups -OCH3 is 1. The number of pyridine rings is 1. The number of Topliss-reactive ketones (excluding diaryl/α,β-unsaturated/α-hetero) is 1. The van der Waals surface area contributed by atoms with Crippen molar-refractivity contribution in [2.24, 2.45) is 0 Å². The molecule has 2 amide bonds. The minimum Gasteiger partial charge on any atom is -0.481 e.